The van der Waals surface area contributed by atoms with Crippen molar-refractivity contribution >= 4 is 0 Å². The highest BCUT2D eigenvalue weighted by molar-refractivity contribution is 4.65. The molecule has 0 radical (unpaired) electrons. The van der Waals surface area contributed by atoms with Crippen molar-refractivity contribution in [3.8, 4) is 0 Å². The van der Waals surface area contributed by atoms with Crippen LogP contribution < -0.4 is 5.32 Å². The molecule has 0 aliphatic carbocycles. The van der Waals surface area contributed by atoms with Gasteiger partial charge in [0.05, 0.1) is 0 Å². The van der Waals surface area contributed by atoms with Gasteiger partial charge in [-0.25, -0.2) is 0 Å². The Morgan fingerprint density at radius 1 is 1.00 bits per heavy atom. The van der Waals surface area contributed by atoms with Crippen molar-refractivity contribution in [1.82, 2.24) is 10.2 Å². The predicted molar refractivity (Wildman–Crippen MR) is 62.7 cm³/mol. The largest absolute Gasteiger partial charge is 0.315 e. The Kier molecular flexibility index (Phi) is 7.06. The molecule has 0 atom stereocenters. The Balaban J connectivity index is 1.93. The van der Waals surface area contributed by atoms with E-state index in [1.807, 2.05) is 0 Å². The van der Waals surface area contributed by atoms with Crippen LogP contribution in [0.5, 0.6) is 0 Å². The van der Waals surface area contributed by atoms with E-state index in [9.17, 15) is 0 Å². The molecule has 1 saturated heterocycles. The van der Waals surface area contributed by atoms with E-state index in [2.05, 4.69) is 17.1 Å². The van der Waals surface area contributed by atoms with Gasteiger partial charge in [0.25, 0.3) is 0 Å². The van der Waals surface area contributed by atoms with Gasteiger partial charge in [-0.3, -0.25) is 0 Å². The van der Waals surface area contributed by atoms with Gasteiger partial charge in [-0.1, -0.05) is 32.6 Å². The van der Waals surface area contributed by atoms with E-state index >= 15 is 0 Å². The van der Waals surface area contributed by atoms with E-state index in [1.54, 1.807) is 0 Å². The molecular formula is C12H26N2. The van der Waals surface area contributed by atoms with E-state index in [4.69, 9.17) is 0 Å². The Morgan fingerprint density at radius 2 is 1.86 bits per heavy atom. The van der Waals surface area contributed by atoms with Crippen LogP contribution in [0.3, 0.4) is 0 Å². The minimum absolute atomic E-state index is 1.19. The van der Waals surface area contributed by atoms with E-state index in [0.29, 0.717) is 0 Å². The molecule has 14 heavy (non-hydrogen) atoms. The molecule has 2 nitrogen and oxygen atoms in total. The van der Waals surface area contributed by atoms with Crippen LogP contribution in [-0.2, 0) is 0 Å². The van der Waals surface area contributed by atoms with E-state index in [-0.39, 0.29) is 0 Å². The molecule has 84 valence electrons. The van der Waals surface area contributed by atoms with Crippen LogP contribution in [0.1, 0.15) is 45.4 Å². The molecule has 1 heterocycles. The van der Waals surface area contributed by atoms with Crippen molar-refractivity contribution in [2.24, 2.45) is 0 Å². The Morgan fingerprint density at radius 3 is 2.71 bits per heavy atom. The first-order chi connectivity index (χ1) is 6.93. The summed E-state index contributed by atoms with van der Waals surface area (Å²) in [5.41, 5.74) is 0. The molecule has 1 N–H and O–H groups in total. The van der Waals surface area contributed by atoms with Crippen LogP contribution in [0.15, 0.2) is 0 Å². The zero-order chi connectivity index (χ0) is 10.1. The lowest BCUT2D eigenvalue weighted by Gasteiger charge is -2.18. The molecule has 1 aliphatic rings. The maximum atomic E-state index is 3.45. The minimum Gasteiger partial charge on any atom is -0.315 e. The molecule has 1 rings (SSSR count). The second-order valence-electron chi connectivity index (χ2n) is 4.36. The van der Waals surface area contributed by atoms with Gasteiger partial charge in [0.15, 0.2) is 0 Å². The molecule has 0 aromatic heterocycles. The molecule has 0 spiro atoms. The zero-order valence-electron chi connectivity index (χ0n) is 9.73. The third-order valence-corrected chi connectivity index (χ3v) is 3.01. The standard InChI is InChI=1S/C12H26N2/c1-2-3-4-5-6-10-14-11-7-8-13-9-12-14/h13H,2-12H2,1H3. The summed E-state index contributed by atoms with van der Waals surface area (Å²) in [6.07, 6.45) is 8.37. The van der Waals surface area contributed by atoms with Crippen LogP contribution in [0.4, 0.5) is 0 Å². The number of nitrogens with one attached hydrogen (secondary N) is 1. The van der Waals surface area contributed by atoms with Crippen molar-refractivity contribution in [3.05, 3.63) is 0 Å². The topological polar surface area (TPSA) is 15.3 Å². The molecule has 0 saturated carbocycles. The number of nitrogens with zero attached hydrogens (tertiary/aromatic N) is 1. The lowest BCUT2D eigenvalue weighted by molar-refractivity contribution is 0.284. The smallest absolute Gasteiger partial charge is 0.0107 e. The Hall–Kier alpha value is -0.0800. The Labute approximate surface area is 89.1 Å². The maximum absolute atomic E-state index is 3.45. The quantitative estimate of drug-likeness (QED) is 0.659. The van der Waals surface area contributed by atoms with Gasteiger partial charge in [0, 0.05) is 13.1 Å². The first-order valence-electron chi connectivity index (χ1n) is 6.36. The van der Waals surface area contributed by atoms with Crippen LogP contribution in [-0.4, -0.2) is 37.6 Å². The average molecular weight is 198 g/mol. The average Bonchev–Trinajstić information content (AvgIpc) is 2.46. The maximum Gasteiger partial charge on any atom is 0.0107 e. The molecular weight excluding hydrogens is 172 g/mol. The third-order valence-electron chi connectivity index (χ3n) is 3.01. The summed E-state index contributed by atoms with van der Waals surface area (Å²) in [4.78, 5) is 2.62. The molecule has 2 heteroatoms. The van der Waals surface area contributed by atoms with Crippen molar-refractivity contribution in [3.63, 3.8) is 0 Å². The van der Waals surface area contributed by atoms with Gasteiger partial charge < -0.3 is 10.2 Å². The van der Waals surface area contributed by atoms with Gasteiger partial charge in [-0.05, 0) is 32.5 Å². The first-order valence-corrected chi connectivity index (χ1v) is 6.36. The second-order valence-corrected chi connectivity index (χ2v) is 4.36. The van der Waals surface area contributed by atoms with Crippen LogP contribution in [0.25, 0.3) is 0 Å². The second kappa shape index (κ2) is 8.25. The highest BCUT2D eigenvalue weighted by Crippen LogP contribution is 2.04. The van der Waals surface area contributed by atoms with Gasteiger partial charge >= 0.3 is 0 Å². The van der Waals surface area contributed by atoms with Crippen molar-refractivity contribution in [2.75, 3.05) is 32.7 Å². The molecule has 0 aromatic rings. The van der Waals surface area contributed by atoms with Crippen LogP contribution in [0, 0.1) is 0 Å². The van der Waals surface area contributed by atoms with Crippen molar-refractivity contribution in [1.29, 1.82) is 0 Å². The summed E-state index contributed by atoms with van der Waals surface area (Å²) >= 11 is 0. The first kappa shape index (κ1) is 12.0. The number of hydrogen-bond acceptors (Lipinski definition) is 2. The van der Waals surface area contributed by atoms with Gasteiger partial charge in [-0.2, -0.15) is 0 Å². The van der Waals surface area contributed by atoms with Crippen molar-refractivity contribution in [2.45, 2.75) is 45.4 Å². The highest BCUT2D eigenvalue weighted by Gasteiger charge is 2.06. The molecule has 0 amide bonds. The summed E-state index contributed by atoms with van der Waals surface area (Å²) in [7, 11) is 0. The van der Waals surface area contributed by atoms with E-state index in [1.165, 1.54) is 71.2 Å². The summed E-state index contributed by atoms with van der Waals surface area (Å²) in [6, 6.07) is 0. The number of unbranched alkanes of at least 4 members (excludes halogenated alkanes) is 4. The fraction of sp³-hybridized carbons (Fsp3) is 1.00. The molecule has 1 fully saturated rings. The predicted octanol–water partition coefficient (Wildman–Crippen LogP) is 2.25. The minimum atomic E-state index is 1.19. The number of hydrogen-bond donors (Lipinski definition) is 1. The fourth-order valence-corrected chi connectivity index (χ4v) is 2.06. The van der Waals surface area contributed by atoms with Crippen LogP contribution in [0.2, 0.25) is 0 Å². The van der Waals surface area contributed by atoms with Crippen molar-refractivity contribution < 1.29 is 0 Å². The Bertz CT molecular complexity index is 117. The fourth-order valence-electron chi connectivity index (χ4n) is 2.06. The lowest BCUT2D eigenvalue weighted by atomic mass is 10.1. The lowest BCUT2D eigenvalue weighted by Crippen LogP contribution is -2.29. The highest BCUT2D eigenvalue weighted by atomic mass is 15.1. The molecule has 0 unspecified atom stereocenters. The summed E-state index contributed by atoms with van der Waals surface area (Å²) in [6.45, 7) is 8.57. The van der Waals surface area contributed by atoms with Gasteiger partial charge in [-0.15, -0.1) is 0 Å². The zero-order valence-corrected chi connectivity index (χ0v) is 9.73. The SMILES string of the molecule is CCCCCCCN1CCCNCC1. The molecule has 0 bridgehead atoms. The molecule has 1 aliphatic heterocycles. The molecule has 0 aromatic carbocycles. The summed E-state index contributed by atoms with van der Waals surface area (Å²) in [5, 5.41) is 3.45. The summed E-state index contributed by atoms with van der Waals surface area (Å²) < 4.78 is 0. The van der Waals surface area contributed by atoms with Gasteiger partial charge in [0.1, 0.15) is 0 Å². The van der Waals surface area contributed by atoms with E-state index < -0.39 is 0 Å². The van der Waals surface area contributed by atoms with Gasteiger partial charge in [0.2, 0.25) is 0 Å². The van der Waals surface area contributed by atoms with Crippen LogP contribution >= 0.6 is 0 Å². The monoisotopic (exact) mass is 198 g/mol. The van der Waals surface area contributed by atoms with E-state index in [0.717, 1.165) is 0 Å². The normalized spacial score (nSPS) is 19.5. The number of rotatable bonds is 6. The third kappa shape index (κ3) is 5.61. The summed E-state index contributed by atoms with van der Waals surface area (Å²) in [5.74, 6) is 0.